The predicted octanol–water partition coefficient (Wildman–Crippen LogP) is 2.74. The molecule has 1 aromatic carbocycles. The maximum atomic E-state index is 14.0. The second-order valence-electron chi connectivity index (χ2n) is 8.31. The second-order valence-corrected chi connectivity index (χ2v) is 8.31. The van der Waals surface area contributed by atoms with Gasteiger partial charge in [0, 0.05) is 70.8 Å². The summed E-state index contributed by atoms with van der Waals surface area (Å²) in [5.74, 6) is -3.84. The Balaban J connectivity index is 1.57. The molecule has 6 nitrogen and oxygen atoms in total. The van der Waals surface area contributed by atoms with Crippen LogP contribution in [0.1, 0.15) is 36.8 Å². The SMILES string of the molecule is CC(F)(F)c1ccccc1C1CC(=O)C(C=NCCN2CCN(CCO)CC2)=C(O)C1. The zero-order chi connectivity index (χ0) is 22.4. The molecule has 170 valence electrons. The van der Waals surface area contributed by atoms with Gasteiger partial charge in [-0.2, -0.15) is 0 Å². The third-order valence-electron chi connectivity index (χ3n) is 6.00. The fourth-order valence-electron chi connectivity index (χ4n) is 4.26. The van der Waals surface area contributed by atoms with E-state index in [-0.39, 0.29) is 42.1 Å². The molecule has 1 aromatic rings. The molecule has 0 saturated carbocycles. The first-order valence-corrected chi connectivity index (χ1v) is 10.8. The Hall–Kier alpha value is -2.16. The van der Waals surface area contributed by atoms with Crippen molar-refractivity contribution in [3.8, 4) is 0 Å². The van der Waals surface area contributed by atoms with Gasteiger partial charge in [0.25, 0.3) is 5.92 Å². The summed E-state index contributed by atoms with van der Waals surface area (Å²) in [5, 5.41) is 19.4. The summed E-state index contributed by atoms with van der Waals surface area (Å²) in [6.07, 6.45) is 1.65. The third kappa shape index (κ3) is 6.18. The van der Waals surface area contributed by atoms with Gasteiger partial charge in [-0.3, -0.25) is 19.6 Å². The Morgan fingerprint density at radius 2 is 1.77 bits per heavy atom. The van der Waals surface area contributed by atoms with Crippen molar-refractivity contribution in [3.05, 3.63) is 46.7 Å². The summed E-state index contributed by atoms with van der Waals surface area (Å²) in [4.78, 5) is 21.4. The first-order chi connectivity index (χ1) is 14.8. The molecule has 3 rings (SSSR count). The molecule has 2 aliphatic rings. The maximum absolute atomic E-state index is 14.0. The van der Waals surface area contributed by atoms with E-state index in [0.29, 0.717) is 18.7 Å². The fraction of sp³-hybridized carbons (Fsp3) is 0.565. The lowest BCUT2D eigenvalue weighted by atomic mass is 9.80. The number of alkyl halides is 2. The van der Waals surface area contributed by atoms with Crippen molar-refractivity contribution in [2.45, 2.75) is 31.6 Å². The number of allylic oxidation sites excluding steroid dienone is 2. The number of hydrogen-bond donors (Lipinski definition) is 2. The number of rotatable bonds is 8. The van der Waals surface area contributed by atoms with Crippen LogP contribution in [0.5, 0.6) is 0 Å². The molecule has 0 aromatic heterocycles. The van der Waals surface area contributed by atoms with Crippen molar-refractivity contribution in [1.29, 1.82) is 0 Å². The molecule has 1 atom stereocenters. The topological polar surface area (TPSA) is 76.4 Å². The molecule has 2 N–H and O–H groups in total. The maximum Gasteiger partial charge on any atom is 0.270 e. The van der Waals surface area contributed by atoms with Gasteiger partial charge < -0.3 is 10.2 Å². The Morgan fingerprint density at radius 1 is 1.13 bits per heavy atom. The van der Waals surface area contributed by atoms with E-state index >= 15 is 0 Å². The number of halogens is 2. The zero-order valence-electron chi connectivity index (χ0n) is 17.9. The van der Waals surface area contributed by atoms with Gasteiger partial charge in [0.05, 0.1) is 18.7 Å². The minimum atomic E-state index is -3.01. The van der Waals surface area contributed by atoms with Crippen LogP contribution in [0.3, 0.4) is 0 Å². The van der Waals surface area contributed by atoms with Gasteiger partial charge >= 0.3 is 0 Å². The average Bonchev–Trinajstić information content (AvgIpc) is 2.73. The quantitative estimate of drug-likeness (QED) is 0.614. The van der Waals surface area contributed by atoms with Gasteiger partial charge in [0.15, 0.2) is 5.78 Å². The number of aliphatic hydroxyl groups excluding tert-OH is 2. The molecule has 1 aliphatic heterocycles. The van der Waals surface area contributed by atoms with Crippen LogP contribution in [-0.4, -0.2) is 84.4 Å². The average molecular weight is 436 g/mol. The Kier molecular flexibility index (Phi) is 7.91. The number of nitrogens with zero attached hydrogens (tertiary/aromatic N) is 3. The smallest absolute Gasteiger partial charge is 0.270 e. The Labute approximate surface area is 181 Å². The van der Waals surface area contributed by atoms with E-state index in [1.807, 2.05) is 0 Å². The second kappa shape index (κ2) is 10.4. The van der Waals surface area contributed by atoms with E-state index in [0.717, 1.165) is 39.6 Å². The summed E-state index contributed by atoms with van der Waals surface area (Å²) in [6.45, 7) is 6.62. The number of aliphatic imine (C=N–C) groups is 1. The van der Waals surface area contributed by atoms with Crippen molar-refractivity contribution < 1.29 is 23.8 Å². The van der Waals surface area contributed by atoms with Crippen molar-refractivity contribution in [2.75, 3.05) is 52.4 Å². The van der Waals surface area contributed by atoms with Gasteiger partial charge in [-0.1, -0.05) is 24.3 Å². The molecule has 31 heavy (non-hydrogen) atoms. The molecule has 1 aliphatic carbocycles. The van der Waals surface area contributed by atoms with E-state index < -0.39 is 11.8 Å². The van der Waals surface area contributed by atoms with Crippen molar-refractivity contribution in [3.63, 3.8) is 0 Å². The lowest BCUT2D eigenvalue weighted by Gasteiger charge is -2.33. The van der Waals surface area contributed by atoms with Gasteiger partial charge in [-0.25, -0.2) is 8.78 Å². The monoisotopic (exact) mass is 435 g/mol. The molecular weight excluding hydrogens is 404 g/mol. The Morgan fingerprint density at radius 3 is 2.39 bits per heavy atom. The van der Waals surface area contributed by atoms with Crippen molar-refractivity contribution in [1.82, 2.24) is 9.80 Å². The van der Waals surface area contributed by atoms with Gasteiger partial charge in [-0.05, 0) is 11.5 Å². The third-order valence-corrected chi connectivity index (χ3v) is 6.00. The van der Waals surface area contributed by atoms with Gasteiger partial charge in [0.1, 0.15) is 5.76 Å². The van der Waals surface area contributed by atoms with Crippen LogP contribution in [0.4, 0.5) is 8.78 Å². The standard InChI is InChI=1S/C23H31F2N3O3/c1-23(24,25)20-5-3-2-4-18(20)17-14-21(30)19(22(31)15-17)16-26-6-7-27-8-10-28(11-9-27)12-13-29/h2-5,16-17,29-30H,6-15H2,1H3. The molecule has 1 unspecified atom stereocenters. The fourth-order valence-corrected chi connectivity index (χ4v) is 4.26. The summed E-state index contributed by atoms with van der Waals surface area (Å²) in [6, 6.07) is 6.22. The highest BCUT2D eigenvalue weighted by molar-refractivity contribution is 6.14. The number of ketones is 1. The molecular formula is C23H31F2N3O3. The molecule has 0 amide bonds. The van der Waals surface area contributed by atoms with Crippen LogP contribution in [0.15, 0.2) is 40.6 Å². The van der Waals surface area contributed by atoms with E-state index in [1.165, 1.54) is 12.3 Å². The number of benzene rings is 1. The summed E-state index contributed by atoms with van der Waals surface area (Å²) >= 11 is 0. The van der Waals surface area contributed by atoms with E-state index in [1.54, 1.807) is 18.2 Å². The van der Waals surface area contributed by atoms with E-state index in [2.05, 4.69) is 14.8 Å². The van der Waals surface area contributed by atoms with Crippen LogP contribution in [0, 0.1) is 0 Å². The number of carbonyl (C=O) groups is 1. The predicted molar refractivity (Wildman–Crippen MR) is 116 cm³/mol. The minimum Gasteiger partial charge on any atom is -0.511 e. The van der Waals surface area contributed by atoms with E-state index in [4.69, 9.17) is 5.11 Å². The van der Waals surface area contributed by atoms with Gasteiger partial charge in [-0.15, -0.1) is 0 Å². The number of piperazine rings is 1. The molecule has 1 saturated heterocycles. The largest absolute Gasteiger partial charge is 0.511 e. The van der Waals surface area contributed by atoms with Crippen LogP contribution in [0.25, 0.3) is 0 Å². The summed E-state index contributed by atoms with van der Waals surface area (Å²) < 4.78 is 27.9. The normalized spacial score (nSPS) is 21.9. The lowest BCUT2D eigenvalue weighted by Crippen LogP contribution is -2.47. The summed E-state index contributed by atoms with van der Waals surface area (Å²) in [7, 11) is 0. The molecule has 8 heteroatoms. The zero-order valence-corrected chi connectivity index (χ0v) is 17.9. The highest BCUT2D eigenvalue weighted by atomic mass is 19.3. The van der Waals surface area contributed by atoms with Crippen molar-refractivity contribution >= 4 is 12.0 Å². The molecule has 0 bridgehead atoms. The van der Waals surface area contributed by atoms with Crippen LogP contribution in [0.2, 0.25) is 0 Å². The minimum absolute atomic E-state index is 0.0747. The summed E-state index contributed by atoms with van der Waals surface area (Å²) in [5.41, 5.74) is 0.493. The Bertz CT molecular complexity index is 828. The van der Waals surface area contributed by atoms with Crippen molar-refractivity contribution in [2.24, 2.45) is 4.99 Å². The highest BCUT2D eigenvalue weighted by Gasteiger charge is 2.34. The van der Waals surface area contributed by atoms with Crippen LogP contribution < -0.4 is 0 Å². The molecule has 0 spiro atoms. The number of aliphatic hydroxyl groups is 2. The highest BCUT2D eigenvalue weighted by Crippen LogP contribution is 2.39. The molecule has 0 radical (unpaired) electrons. The number of hydrogen-bond acceptors (Lipinski definition) is 6. The molecule has 1 heterocycles. The van der Waals surface area contributed by atoms with E-state index in [9.17, 15) is 18.7 Å². The first kappa shape index (κ1) is 23.5. The number of Topliss-reactive ketones (excluding diaryl/α,β-unsaturated/α-hetero) is 1. The first-order valence-electron chi connectivity index (χ1n) is 10.8. The molecule has 1 fully saturated rings. The number of β-amino-alcohol motifs (C(OH)–C–C–N with tert-alkyl or cyclic N) is 1. The van der Waals surface area contributed by atoms with Gasteiger partial charge in [0.2, 0.25) is 0 Å². The number of carbonyl (C=O) groups excluding carboxylic acids is 1. The lowest BCUT2D eigenvalue weighted by molar-refractivity contribution is -0.116. The van der Waals surface area contributed by atoms with Crippen LogP contribution in [-0.2, 0) is 10.7 Å². The van der Waals surface area contributed by atoms with Crippen LogP contribution >= 0.6 is 0 Å².